The van der Waals surface area contributed by atoms with Gasteiger partial charge in [-0.05, 0) is 40.5 Å². The van der Waals surface area contributed by atoms with Crippen molar-refractivity contribution in [2.45, 2.75) is 18.4 Å². The fraction of sp³-hybridized carbons (Fsp3) is 0.167. The molecule has 2 rings (SSSR count). The van der Waals surface area contributed by atoms with E-state index in [9.17, 15) is 8.42 Å². The number of nitrogens with one attached hydrogen (secondary N) is 1. The summed E-state index contributed by atoms with van der Waals surface area (Å²) in [7, 11) is -3.62. The predicted octanol–water partition coefficient (Wildman–Crippen LogP) is 3.11. The van der Waals surface area contributed by atoms with Crippen molar-refractivity contribution in [1.82, 2.24) is 0 Å². The molecule has 0 radical (unpaired) electrons. The zero-order valence-corrected chi connectivity index (χ0v) is 13.3. The number of anilines is 1. The molecule has 0 bridgehead atoms. The van der Waals surface area contributed by atoms with Crippen molar-refractivity contribution in [3.8, 4) is 0 Å². The van der Waals surface area contributed by atoms with Crippen molar-refractivity contribution < 1.29 is 13.5 Å². The van der Waals surface area contributed by atoms with Gasteiger partial charge in [-0.25, -0.2) is 8.42 Å². The maximum absolute atomic E-state index is 12.2. The predicted molar refractivity (Wildman–Crippen MR) is 79.9 cm³/mol. The van der Waals surface area contributed by atoms with E-state index in [0.717, 1.165) is 10.0 Å². The van der Waals surface area contributed by atoms with Crippen molar-refractivity contribution in [1.29, 1.82) is 0 Å². The molecule has 0 spiro atoms. The summed E-state index contributed by atoms with van der Waals surface area (Å²) >= 11 is 4.57. The standard InChI is InChI=1S/C12H12BrNO3S2/c1-8-3-2-4-11(12(8)13)14-19(16,17)10-5-9(6-15)18-7-10/h2-5,7,14-15H,6H2,1H3. The highest BCUT2D eigenvalue weighted by atomic mass is 79.9. The van der Waals surface area contributed by atoms with Gasteiger partial charge in [0.2, 0.25) is 0 Å². The van der Waals surface area contributed by atoms with Crippen LogP contribution in [0.4, 0.5) is 5.69 Å². The summed E-state index contributed by atoms with van der Waals surface area (Å²) in [4.78, 5) is 0.777. The second-order valence-electron chi connectivity index (χ2n) is 3.95. The molecule has 1 heterocycles. The fourth-order valence-corrected chi connectivity index (χ4v) is 4.21. The molecule has 0 amide bonds. The Morgan fingerprint density at radius 2 is 2.16 bits per heavy atom. The molecular weight excluding hydrogens is 350 g/mol. The molecule has 1 aromatic heterocycles. The molecule has 102 valence electrons. The van der Waals surface area contributed by atoms with Crippen LogP contribution in [0.25, 0.3) is 0 Å². The maximum Gasteiger partial charge on any atom is 0.262 e. The monoisotopic (exact) mass is 361 g/mol. The average Bonchev–Trinajstić information content (AvgIpc) is 2.84. The van der Waals surface area contributed by atoms with Crippen molar-refractivity contribution in [2.24, 2.45) is 0 Å². The van der Waals surface area contributed by atoms with E-state index in [1.54, 1.807) is 12.1 Å². The average molecular weight is 362 g/mol. The molecule has 2 N–H and O–H groups in total. The largest absolute Gasteiger partial charge is 0.391 e. The summed E-state index contributed by atoms with van der Waals surface area (Å²) in [5, 5.41) is 10.5. The number of thiophene rings is 1. The number of rotatable bonds is 4. The van der Waals surface area contributed by atoms with E-state index in [1.165, 1.54) is 22.8 Å². The lowest BCUT2D eigenvalue weighted by Gasteiger charge is -2.10. The van der Waals surface area contributed by atoms with Crippen molar-refractivity contribution in [3.05, 3.63) is 44.6 Å². The number of halogens is 1. The van der Waals surface area contributed by atoms with Crippen LogP contribution >= 0.6 is 27.3 Å². The van der Waals surface area contributed by atoms with E-state index in [-0.39, 0.29) is 11.5 Å². The molecule has 0 aliphatic carbocycles. The Morgan fingerprint density at radius 1 is 1.42 bits per heavy atom. The Kier molecular flexibility index (Phi) is 4.29. The van der Waals surface area contributed by atoms with Crippen LogP contribution in [0, 0.1) is 6.92 Å². The molecule has 4 nitrogen and oxygen atoms in total. The second-order valence-corrected chi connectivity index (χ2v) is 7.42. The van der Waals surface area contributed by atoms with Gasteiger partial charge in [-0.1, -0.05) is 12.1 Å². The van der Waals surface area contributed by atoms with Crippen LogP contribution in [0.5, 0.6) is 0 Å². The van der Waals surface area contributed by atoms with E-state index >= 15 is 0 Å². The van der Waals surface area contributed by atoms with Crippen molar-refractivity contribution >= 4 is 43.0 Å². The summed E-state index contributed by atoms with van der Waals surface area (Å²) in [5.41, 5.74) is 1.44. The molecule has 2 aromatic rings. The Labute approximate surface area is 124 Å². The van der Waals surface area contributed by atoms with Gasteiger partial charge >= 0.3 is 0 Å². The number of aryl methyl sites for hydroxylation is 1. The van der Waals surface area contributed by atoms with E-state index < -0.39 is 10.0 Å². The minimum atomic E-state index is -3.62. The summed E-state index contributed by atoms with van der Waals surface area (Å²) in [5.74, 6) is 0. The van der Waals surface area contributed by atoms with Crippen LogP contribution in [0.3, 0.4) is 0 Å². The van der Waals surface area contributed by atoms with Crippen LogP contribution < -0.4 is 4.72 Å². The highest BCUT2D eigenvalue weighted by Crippen LogP contribution is 2.29. The van der Waals surface area contributed by atoms with Gasteiger partial charge in [0.1, 0.15) is 0 Å². The molecule has 0 fully saturated rings. The highest BCUT2D eigenvalue weighted by Gasteiger charge is 2.17. The minimum Gasteiger partial charge on any atom is -0.391 e. The zero-order valence-electron chi connectivity index (χ0n) is 10.1. The van der Waals surface area contributed by atoms with Crippen molar-refractivity contribution in [3.63, 3.8) is 0 Å². The van der Waals surface area contributed by atoms with Crippen LogP contribution in [-0.2, 0) is 16.6 Å². The number of aliphatic hydroxyl groups excluding tert-OH is 1. The Hall–Kier alpha value is -0.890. The number of sulfonamides is 1. The molecule has 0 atom stereocenters. The minimum absolute atomic E-state index is 0.158. The molecule has 0 saturated heterocycles. The van der Waals surface area contributed by atoms with Gasteiger partial charge < -0.3 is 5.11 Å². The SMILES string of the molecule is Cc1cccc(NS(=O)(=O)c2csc(CO)c2)c1Br. The third-order valence-corrected chi connectivity index (χ3v) is 6.00. The van der Waals surface area contributed by atoms with E-state index in [0.29, 0.717) is 10.6 Å². The Bertz CT molecular complexity index is 695. The van der Waals surface area contributed by atoms with Crippen LogP contribution in [-0.4, -0.2) is 13.5 Å². The van der Waals surface area contributed by atoms with Crippen LogP contribution in [0.15, 0.2) is 39.0 Å². The lowest BCUT2D eigenvalue weighted by Crippen LogP contribution is -2.12. The first-order chi connectivity index (χ1) is 8.94. The van der Waals surface area contributed by atoms with Gasteiger partial charge in [0.05, 0.1) is 17.2 Å². The lowest BCUT2D eigenvalue weighted by molar-refractivity contribution is 0.285. The number of hydrogen-bond donors (Lipinski definition) is 2. The second kappa shape index (κ2) is 5.62. The summed E-state index contributed by atoms with van der Waals surface area (Å²) in [6.45, 7) is 1.73. The zero-order chi connectivity index (χ0) is 14.0. The number of aliphatic hydroxyl groups is 1. The molecule has 19 heavy (non-hydrogen) atoms. The first-order valence-electron chi connectivity index (χ1n) is 5.40. The lowest BCUT2D eigenvalue weighted by atomic mass is 10.2. The third-order valence-electron chi connectivity index (χ3n) is 2.53. The van der Waals surface area contributed by atoms with Crippen LogP contribution in [0.1, 0.15) is 10.4 Å². The molecular formula is C12H12BrNO3S2. The van der Waals surface area contributed by atoms with Gasteiger partial charge in [0.15, 0.2) is 0 Å². The quantitative estimate of drug-likeness (QED) is 0.878. The molecule has 7 heteroatoms. The molecule has 0 unspecified atom stereocenters. The van der Waals surface area contributed by atoms with Gasteiger partial charge in [-0.3, -0.25) is 4.72 Å². The number of benzene rings is 1. The van der Waals surface area contributed by atoms with E-state index in [1.807, 2.05) is 13.0 Å². The third kappa shape index (κ3) is 3.17. The Balaban J connectivity index is 2.33. The summed E-state index contributed by atoms with van der Waals surface area (Å²) in [6, 6.07) is 6.83. The normalized spacial score (nSPS) is 11.5. The van der Waals surface area contributed by atoms with Crippen molar-refractivity contribution in [2.75, 3.05) is 4.72 Å². The Morgan fingerprint density at radius 3 is 2.79 bits per heavy atom. The summed E-state index contributed by atoms with van der Waals surface area (Å²) in [6.07, 6.45) is 0. The van der Waals surface area contributed by atoms with Gasteiger partial charge in [-0.15, -0.1) is 11.3 Å². The maximum atomic E-state index is 12.2. The first-order valence-corrected chi connectivity index (χ1v) is 8.56. The first kappa shape index (κ1) is 14.5. The van der Waals surface area contributed by atoms with Gasteiger partial charge in [0, 0.05) is 14.7 Å². The summed E-state index contributed by atoms with van der Waals surface area (Å²) < 4.78 is 27.6. The van der Waals surface area contributed by atoms with E-state index in [2.05, 4.69) is 20.7 Å². The molecule has 0 aliphatic rings. The molecule has 0 saturated carbocycles. The fourth-order valence-electron chi connectivity index (χ4n) is 1.51. The van der Waals surface area contributed by atoms with Gasteiger partial charge in [0.25, 0.3) is 10.0 Å². The smallest absolute Gasteiger partial charge is 0.262 e. The number of hydrogen-bond acceptors (Lipinski definition) is 4. The highest BCUT2D eigenvalue weighted by molar-refractivity contribution is 9.10. The topological polar surface area (TPSA) is 66.4 Å². The molecule has 0 aliphatic heterocycles. The van der Waals surface area contributed by atoms with Gasteiger partial charge in [-0.2, -0.15) is 0 Å². The van der Waals surface area contributed by atoms with E-state index in [4.69, 9.17) is 5.11 Å². The van der Waals surface area contributed by atoms with Crippen LogP contribution in [0.2, 0.25) is 0 Å². The molecule has 1 aromatic carbocycles.